The Morgan fingerprint density at radius 2 is 2.21 bits per heavy atom. The van der Waals surface area contributed by atoms with Crippen molar-refractivity contribution >= 4 is 12.0 Å². The van der Waals surface area contributed by atoms with Crippen LogP contribution in [0.2, 0.25) is 0 Å². The lowest BCUT2D eigenvalue weighted by atomic mass is 10.1. The molecule has 2 rings (SSSR count). The number of halogens is 2. The van der Waals surface area contributed by atoms with E-state index in [0.717, 1.165) is 25.0 Å². The number of hydrogen-bond donors (Lipinski definition) is 0. The summed E-state index contributed by atoms with van der Waals surface area (Å²) in [6.45, 7) is 6.09. The minimum Gasteiger partial charge on any atom is -0.340 e. The topological polar surface area (TPSA) is 20.3 Å². The normalized spacial score (nSPS) is 18.7. The molecule has 19 heavy (non-hydrogen) atoms. The third-order valence-corrected chi connectivity index (χ3v) is 3.60. The molecule has 4 heteroatoms. The van der Waals surface area contributed by atoms with Crippen molar-refractivity contribution in [2.75, 3.05) is 6.54 Å². The van der Waals surface area contributed by atoms with Gasteiger partial charge >= 0.3 is 0 Å². The molecule has 102 valence electrons. The van der Waals surface area contributed by atoms with Gasteiger partial charge in [0.05, 0.1) is 6.42 Å². The first-order valence-corrected chi connectivity index (χ1v) is 6.42. The van der Waals surface area contributed by atoms with Gasteiger partial charge in [-0.05, 0) is 31.9 Å². The maximum Gasteiger partial charge on any atom is 0.227 e. The minimum absolute atomic E-state index is 0.0927. The lowest BCUT2D eigenvalue weighted by Gasteiger charge is -2.21. The van der Waals surface area contributed by atoms with Crippen molar-refractivity contribution in [3.63, 3.8) is 0 Å². The van der Waals surface area contributed by atoms with Crippen molar-refractivity contribution in [3.8, 4) is 0 Å². The Kier molecular flexibility index (Phi) is 3.98. The molecule has 0 aliphatic carbocycles. The molecule has 1 saturated heterocycles. The molecular formula is C15H17F2NO. The Labute approximate surface area is 111 Å². The molecule has 1 amide bonds. The first-order chi connectivity index (χ1) is 9.02. The molecule has 1 aliphatic rings. The first-order valence-electron chi connectivity index (χ1n) is 6.42. The number of carbonyl (C=O) groups is 1. The second-order valence-electron chi connectivity index (χ2n) is 4.92. The molecular weight excluding hydrogens is 248 g/mol. The van der Waals surface area contributed by atoms with Crippen LogP contribution in [0.15, 0.2) is 18.7 Å². The molecule has 1 aliphatic heterocycles. The zero-order chi connectivity index (χ0) is 14.0. The van der Waals surface area contributed by atoms with Crippen molar-refractivity contribution in [1.29, 1.82) is 0 Å². The van der Waals surface area contributed by atoms with E-state index in [1.54, 1.807) is 4.90 Å². The fraction of sp³-hybridized carbons (Fsp3) is 0.400. The lowest BCUT2D eigenvalue weighted by molar-refractivity contribution is -0.131. The molecule has 1 heterocycles. The average molecular weight is 265 g/mol. The van der Waals surface area contributed by atoms with E-state index in [1.807, 2.05) is 6.92 Å². The summed E-state index contributed by atoms with van der Waals surface area (Å²) in [5, 5.41) is 0. The van der Waals surface area contributed by atoms with Crippen molar-refractivity contribution in [2.24, 2.45) is 0 Å². The highest BCUT2D eigenvalue weighted by atomic mass is 19.1. The molecule has 0 radical (unpaired) electrons. The smallest absolute Gasteiger partial charge is 0.227 e. The standard InChI is InChI=1S/C15H17F2NO/c1-3-11-7-14(17)12(8-13(11)16)9-15(19)18-6-4-5-10(18)2/h3,7-8,10H,1,4-6,9H2,2H3. The number of carbonyl (C=O) groups excluding carboxylic acids is 1. The SMILES string of the molecule is C=Cc1cc(F)c(CC(=O)N2CCCC2C)cc1F. The van der Waals surface area contributed by atoms with Gasteiger partial charge in [0.1, 0.15) is 11.6 Å². The van der Waals surface area contributed by atoms with Crippen LogP contribution in [0.25, 0.3) is 6.08 Å². The predicted octanol–water partition coefficient (Wildman–Crippen LogP) is 3.16. The summed E-state index contributed by atoms with van der Waals surface area (Å²) in [5.41, 5.74) is 0.218. The van der Waals surface area contributed by atoms with E-state index in [1.165, 1.54) is 6.08 Å². The highest BCUT2D eigenvalue weighted by Gasteiger charge is 2.25. The fourth-order valence-corrected chi connectivity index (χ4v) is 2.46. The van der Waals surface area contributed by atoms with Crippen LogP contribution in [0.1, 0.15) is 30.9 Å². The zero-order valence-electron chi connectivity index (χ0n) is 11.0. The molecule has 0 aromatic heterocycles. The van der Waals surface area contributed by atoms with E-state index in [4.69, 9.17) is 0 Å². The highest BCUT2D eigenvalue weighted by Crippen LogP contribution is 2.20. The first kappa shape index (κ1) is 13.7. The zero-order valence-corrected chi connectivity index (χ0v) is 11.0. The molecule has 0 saturated carbocycles. The summed E-state index contributed by atoms with van der Waals surface area (Å²) in [6.07, 6.45) is 3.11. The summed E-state index contributed by atoms with van der Waals surface area (Å²) >= 11 is 0. The Hall–Kier alpha value is -1.71. The van der Waals surface area contributed by atoms with Crippen LogP contribution in [0, 0.1) is 11.6 Å². The van der Waals surface area contributed by atoms with Crippen molar-refractivity contribution < 1.29 is 13.6 Å². The fourth-order valence-electron chi connectivity index (χ4n) is 2.46. The van der Waals surface area contributed by atoms with Gasteiger partial charge in [-0.15, -0.1) is 0 Å². The van der Waals surface area contributed by atoms with Gasteiger partial charge in [0.15, 0.2) is 0 Å². The molecule has 0 spiro atoms. The maximum atomic E-state index is 13.8. The van der Waals surface area contributed by atoms with Gasteiger partial charge in [0.2, 0.25) is 5.91 Å². The molecule has 0 bridgehead atoms. The molecule has 1 aromatic carbocycles. The monoisotopic (exact) mass is 265 g/mol. The van der Waals surface area contributed by atoms with Crippen molar-refractivity contribution in [2.45, 2.75) is 32.2 Å². The number of hydrogen-bond acceptors (Lipinski definition) is 1. The van der Waals surface area contributed by atoms with Gasteiger partial charge < -0.3 is 4.90 Å². The number of amides is 1. The Morgan fingerprint density at radius 1 is 1.47 bits per heavy atom. The number of benzene rings is 1. The van der Waals surface area contributed by atoms with Crippen LogP contribution >= 0.6 is 0 Å². The summed E-state index contributed by atoms with van der Waals surface area (Å²) in [6, 6.07) is 2.36. The van der Waals surface area contributed by atoms with Crippen LogP contribution in [-0.4, -0.2) is 23.4 Å². The summed E-state index contributed by atoms with van der Waals surface area (Å²) in [5.74, 6) is -1.25. The van der Waals surface area contributed by atoms with Crippen LogP contribution < -0.4 is 0 Å². The van der Waals surface area contributed by atoms with Gasteiger partial charge in [0.25, 0.3) is 0 Å². The number of nitrogens with zero attached hydrogens (tertiary/aromatic N) is 1. The summed E-state index contributed by atoms with van der Waals surface area (Å²) in [7, 11) is 0. The number of likely N-dealkylation sites (tertiary alicyclic amines) is 1. The van der Waals surface area contributed by atoms with Crippen LogP contribution in [0.4, 0.5) is 8.78 Å². The van der Waals surface area contributed by atoms with Gasteiger partial charge in [-0.2, -0.15) is 0 Å². The highest BCUT2D eigenvalue weighted by molar-refractivity contribution is 5.79. The third kappa shape index (κ3) is 2.83. The van der Waals surface area contributed by atoms with Gasteiger partial charge in [-0.3, -0.25) is 4.79 Å². The molecule has 0 N–H and O–H groups in total. The molecule has 2 nitrogen and oxygen atoms in total. The predicted molar refractivity (Wildman–Crippen MR) is 70.6 cm³/mol. The number of rotatable bonds is 3. The van der Waals surface area contributed by atoms with E-state index in [9.17, 15) is 13.6 Å². The van der Waals surface area contributed by atoms with Crippen LogP contribution in [0.5, 0.6) is 0 Å². The van der Waals surface area contributed by atoms with E-state index in [2.05, 4.69) is 6.58 Å². The summed E-state index contributed by atoms with van der Waals surface area (Å²) in [4.78, 5) is 13.8. The van der Waals surface area contributed by atoms with Gasteiger partial charge in [0, 0.05) is 23.7 Å². The second kappa shape index (κ2) is 5.51. The van der Waals surface area contributed by atoms with E-state index >= 15 is 0 Å². The lowest BCUT2D eigenvalue weighted by Crippen LogP contribution is -2.34. The minimum atomic E-state index is -0.559. The second-order valence-corrected chi connectivity index (χ2v) is 4.92. The summed E-state index contributed by atoms with van der Waals surface area (Å²) < 4.78 is 27.3. The Morgan fingerprint density at radius 3 is 2.79 bits per heavy atom. The van der Waals surface area contributed by atoms with Crippen LogP contribution in [-0.2, 0) is 11.2 Å². The quantitative estimate of drug-likeness (QED) is 0.822. The van der Waals surface area contributed by atoms with E-state index < -0.39 is 11.6 Å². The molecule has 1 aromatic rings. The molecule has 1 atom stereocenters. The van der Waals surface area contributed by atoms with Gasteiger partial charge in [-0.1, -0.05) is 12.7 Å². The largest absolute Gasteiger partial charge is 0.340 e. The van der Waals surface area contributed by atoms with E-state index in [0.29, 0.717) is 6.54 Å². The van der Waals surface area contributed by atoms with Gasteiger partial charge in [-0.25, -0.2) is 8.78 Å². The van der Waals surface area contributed by atoms with Crippen molar-refractivity contribution in [3.05, 3.63) is 41.5 Å². The van der Waals surface area contributed by atoms with Crippen LogP contribution in [0.3, 0.4) is 0 Å². The molecule has 1 unspecified atom stereocenters. The van der Waals surface area contributed by atoms with Crippen molar-refractivity contribution in [1.82, 2.24) is 4.90 Å². The maximum absolute atomic E-state index is 13.8. The average Bonchev–Trinajstić information content (AvgIpc) is 2.79. The van der Waals surface area contributed by atoms with E-state index in [-0.39, 0.29) is 29.5 Å². The Bertz CT molecular complexity index is 513. The Balaban J connectivity index is 2.17. The molecule has 1 fully saturated rings. The third-order valence-electron chi connectivity index (χ3n) is 3.60.